The number of amides is 1. The summed E-state index contributed by atoms with van der Waals surface area (Å²) in [5.41, 5.74) is 0.964. The van der Waals surface area contributed by atoms with E-state index in [2.05, 4.69) is 5.32 Å². The van der Waals surface area contributed by atoms with Gasteiger partial charge in [-0.2, -0.15) is 0 Å². The number of rotatable bonds is 8. The molecule has 0 aliphatic rings. The van der Waals surface area contributed by atoms with Crippen LogP contribution in [0.25, 0.3) is 0 Å². The number of nitrogens with zero attached hydrogens (tertiary/aromatic N) is 1. The Bertz CT molecular complexity index is 644. The Morgan fingerprint density at radius 3 is 2.29 bits per heavy atom. The highest BCUT2D eigenvalue weighted by Crippen LogP contribution is 2.25. The molecule has 5 heteroatoms. The maximum absolute atomic E-state index is 12.5. The van der Waals surface area contributed by atoms with Gasteiger partial charge in [0.25, 0.3) is 0 Å². The van der Waals surface area contributed by atoms with Crippen molar-refractivity contribution in [2.24, 2.45) is 0 Å². The molecule has 5 nitrogen and oxygen atoms in total. The largest absolute Gasteiger partial charge is 0.493 e. The third-order valence-electron chi connectivity index (χ3n) is 3.61. The van der Waals surface area contributed by atoms with Crippen LogP contribution in [0.2, 0.25) is 0 Å². The summed E-state index contributed by atoms with van der Waals surface area (Å²) in [4.78, 5) is 14.4. The van der Waals surface area contributed by atoms with Crippen LogP contribution in [-0.2, 0) is 4.79 Å². The van der Waals surface area contributed by atoms with Gasteiger partial charge in [-0.05, 0) is 31.8 Å². The second kappa shape index (κ2) is 8.93. The van der Waals surface area contributed by atoms with Crippen LogP contribution < -0.4 is 14.8 Å². The minimum Gasteiger partial charge on any atom is -0.493 e. The summed E-state index contributed by atoms with van der Waals surface area (Å²) in [6.45, 7) is 0.801. The fourth-order valence-corrected chi connectivity index (χ4v) is 2.49. The summed E-state index contributed by atoms with van der Waals surface area (Å²) >= 11 is 0. The van der Waals surface area contributed by atoms with Crippen molar-refractivity contribution in [1.29, 1.82) is 0 Å². The molecular weight excluding hydrogens is 304 g/mol. The van der Waals surface area contributed by atoms with Gasteiger partial charge in [-0.3, -0.25) is 9.69 Å². The smallest absolute Gasteiger partial charge is 0.242 e. The van der Waals surface area contributed by atoms with Crippen LogP contribution in [0.1, 0.15) is 11.6 Å². The van der Waals surface area contributed by atoms with Crippen molar-refractivity contribution in [3.8, 4) is 11.5 Å². The average Bonchev–Trinajstić information content (AvgIpc) is 2.60. The van der Waals surface area contributed by atoms with Gasteiger partial charge < -0.3 is 14.8 Å². The second-order valence-electron chi connectivity index (χ2n) is 5.57. The molecule has 1 amide bonds. The van der Waals surface area contributed by atoms with Crippen molar-refractivity contribution in [3.63, 3.8) is 0 Å². The number of hydrogen-bond donors (Lipinski definition) is 1. The Kier molecular flexibility index (Phi) is 6.63. The molecule has 2 aromatic carbocycles. The molecule has 1 atom stereocenters. The van der Waals surface area contributed by atoms with Crippen LogP contribution in [0.5, 0.6) is 11.5 Å². The summed E-state index contributed by atoms with van der Waals surface area (Å²) in [6.07, 6.45) is 0. The number of carbonyl (C=O) groups excluding carboxylic acids is 1. The number of likely N-dealkylation sites (N-methyl/N-ethyl adjacent to an activating group) is 1. The van der Waals surface area contributed by atoms with Crippen LogP contribution >= 0.6 is 0 Å². The molecule has 0 heterocycles. The first-order valence-electron chi connectivity index (χ1n) is 7.88. The van der Waals surface area contributed by atoms with Crippen LogP contribution in [0.15, 0.2) is 54.6 Å². The van der Waals surface area contributed by atoms with E-state index < -0.39 is 0 Å². The molecule has 128 valence electrons. The van der Waals surface area contributed by atoms with E-state index in [4.69, 9.17) is 9.47 Å². The molecule has 0 aliphatic heterocycles. The van der Waals surface area contributed by atoms with E-state index in [9.17, 15) is 4.79 Å². The Labute approximate surface area is 143 Å². The molecule has 0 saturated carbocycles. The fraction of sp³-hybridized carbons (Fsp3) is 0.316. The first kappa shape index (κ1) is 17.8. The lowest BCUT2D eigenvalue weighted by Gasteiger charge is -2.23. The molecule has 0 aliphatic carbocycles. The molecule has 1 N–H and O–H groups in total. The summed E-state index contributed by atoms with van der Waals surface area (Å²) in [5.74, 6) is 1.30. The summed E-state index contributed by atoms with van der Waals surface area (Å²) in [7, 11) is 5.39. The third kappa shape index (κ3) is 4.73. The van der Waals surface area contributed by atoms with Gasteiger partial charge in [0.2, 0.25) is 5.91 Å². The van der Waals surface area contributed by atoms with Crippen LogP contribution in [0.4, 0.5) is 0 Å². The van der Waals surface area contributed by atoms with Crippen molar-refractivity contribution < 1.29 is 14.3 Å². The monoisotopic (exact) mass is 328 g/mol. The highest BCUT2D eigenvalue weighted by molar-refractivity contribution is 5.83. The van der Waals surface area contributed by atoms with E-state index in [0.29, 0.717) is 24.7 Å². The van der Waals surface area contributed by atoms with Crippen molar-refractivity contribution in [1.82, 2.24) is 10.2 Å². The average molecular weight is 328 g/mol. The number of para-hydroxylation sites is 2. The predicted octanol–water partition coefficient (Wildman–Crippen LogP) is 2.49. The second-order valence-corrected chi connectivity index (χ2v) is 5.57. The van der Waals surface area contributed by atoms with Crippen molar-refractivity contribution in [2.45, 2.75) is 6.04 Å². The molecule has 24 heavy (non-hydrogen) atoms. The SMILES string of the molecule is COc1ccccc1OCCNC(=O)C(c1ccccc1)N(C)C. The van der Waals surface area contributed by atoms with Crippen LogP contribution in [-0.4, -0.2) is 45.2 Å². The molecule has 0 fully saturated rings. The Hall–Kier alpha value is -2.53. The predicted molar refractivity (Wildman–Crippen MR) is 94.4 cm³/mol. The molecule has 0 aromatic heterocycles. The number of methoxy groups -OCH3 is 1. The van der Waals surface area contributed by atoms with Crippen molar-refractivity contribution in [3.05, 3.63) is 60.2 Å². The van der Waals surface area contributed by atoms with Gasteiger partial charge in [0.05, 0.1) is 13.7 Å². The number of ether oxygens (including phenoxy) is 2. The summed E-state index contributed by atoms with van der Waals surface area (Å²) in [6, 6.07) is 16.8. The molecule has 1 unspecified atom stereocenters. The first-order valence-corrected chi connectivity index (χ1v) is 7.88. The van der Waals surface area contributed by atoms with Gasteiger partial charge in [0, 0.05) is 0 Å². The molecule has 0 saturated heterocycles. The lowest BCUT2D eigenvalue weighted by Crippen LogP contribution is -2.38. The Balaban J connectivity index is 1.87. The molecule has 0 bridgehead atoms. The van der Waals surface area contributed by atoms with Gasteiger partial charge in [0.1, 0.15) is 12.6 Å². The molecule has 0 radical (unpaired) electrons. The zero-order chi connectivity index (χ0) is 17.4. The van der Waals surface area contributed by atoms with Gasteiger partial charge in [-0.25, -0.2) is 0 Å². The highest BCUT2D eigenvalue weighted by Gasteiger charge is 2.22. The van der Waals surface area contributed by atoms with E-state index in [-0.39, 0.29) is 11.9 Å². The maximum Gasteiger partial charge on any atom is 0.242 e. The lowest BCUT2D eigenvalue weighted by molar-refractivity contribution is -0.125. The van der Waals surface area contributed by atoms with E-state index in [0.717, 1.165) is 5.56 Å². The van der Waals surface area contributed by atoms with Gasteiger partial charge in [-0.15, -0.1) is 0 Å². The Morgan fingerprint density at radius 1 is 1.04 bits per heavy atom. The van der Waals surface area contributed by atoms with Crippen LogP contribution in [0, 0.1) is 0 Å². The lowest BCUT2D eigenvalue weighted by atomic mass is 10.1. The van der Waals surface area contributed by atoms with E-state index in [1.165, 1.54) is 0 Å². The number of hydrogen-bond acceptors (Lipinski definition) is 4. The number of benzene rings is 2. The number of carbonyl (C=O) groups is 1. The first-order chi connectivity index (χ1) is 11.6. The highest BCUT2D eigenvalue weighted by atomic mass is 16.5. The molecule has 2 rings (SSSR count). The van der Waals surface area contributed by atoms with E-state index in [1.807, 2.05) is 73.6 Å². The standard InChI is InChI=1S/C19H24N2O3/c1-21(2)18(15-9-5-4-6-10-15)19(22)20-13-14-24-17-12-8-7-11-16(17)23-3/h4-12,18H,13-14H2,1-3H3,(H,20,22). The van der Waals surface area contributed by atoms with Crippen molar-refractivity contribution >= 4 is 5.91 Å². The quantitative estimate of drug-likeness (QED) is 0.757. The normalized spacial score (nSPS) is 11.8. The zero-order valence-electron chi connectivity index (χ0n) is 14.4. The molecular formula is C19H24N2O3. The topological polar surface area (TPSA) is 50.8 Å². The van der Waals surface area contributed by atoms with Gasteiger partial charge in [-0.1, -0.05) is 42.5 Å². The summed E-state index contributed by atoms with van der Waals surface area (Å²) in [5, 5.41) is 2.92. The van der Waals surface area contributed by atoms with E-state index >= 15 is 0 Å². The molecule has 0 spiro atoms. The number of nitrogens with one attached hydrogen (secondary N) is 1. The summed E-state index contributed by atoms with van der Waals surface area (Å²) < 4.78 is 10.9. The van der Waals surface area contributed by atoms with Crippen LogP contribution in [0.3, 0.4) is 0 Å². The maximum atomic E-state index is 12.5. The van der Waals surface area contributed by atoms with Gasteiger partial charge in [0.15, 0.2) is 11.5 Å². The fourth-order valence-electron chi connectivity index (χ4n) is 2.49. The van der Waals surface area contributed by atoms with Gasteiger partial charge >= 0.3 is 0 Å². The minimum atomic E-state index is -0.322. The molecule has 2 aromatic rings. The Morgan fingerprint density at radius 2 is 1.67 bits per heavy atom. The zero-order valence-corrected chi connectivity index (χ0v) is 14.4. The van der Waals surface area contributed by atoms with E-state index in [1.54, 1.807) is 7.11 Å². The van der Waals surface area contributed by atoms with Crippen molar-refractivity contribution in [2.75, 3.05) is 34.4 Å². The third-order valence-corrected chi connectivity index (χ3v) is 3.61. The minimum absolute atomic E-state index is 0.0465.